The van der Waals surface area contributed by atoms with Crippen molar-refractivity contribution in [2.75, 3.05) is 5.32 Å². The Labute approximate surface area is 109 Å². The Bertz CT molecular complexity index is 493. The van der Waals surface area contributed by atoms with Crippen LogP contribution >= 0.6 is 0 Å². The summed E-state index contributed by atoms with van der Waals surface area (Å²) in [5.41, 5.74) is 5.32. The molecular formula is C12H16FN3O3. The minimum atomic E-state index is -0.790. The quantitative estimate of drug-likeness (QED) is 0.631. The summed E-state index contributed by atoms with van der Waals surface area (Å²) in [5.74, 6) is -1.32. The zero-order valence-electron chi connectivity index (χ0n) is 10.7. The van der Waals surface area contributed by atoms with Crippen molar-refractivity contribution in [3.05, 3.63) is 34.1 Å². The van der Waals surface area contributed by atoms with Crippen LogP contribution in [0.5, 0.6) is 0 Å². The number of non-ortho nitro benzene ring substituents is 1. The predicted octanol–water partition coefficient (Wildman–Crippen LogP) is 2.05. The van der Waals surface area contributed by atoms with Gasteiger partial charge in [0.05, 0.1) is 22.7 Å². The molecule has 0 bridgehead atoms. The fourth-order valence-corrected chi connectivity index (χ4v) is 1.49. The van der Waals surface area contributed by atoms with Crippen LogP contribution in [0.4, 0.5) is 15.8 Å². The van der Waals surface area contributed by atoms with E-state index in [1.807, 2.05) is 13.8 Å². The monoisotopic (exact) mass is 269 g/mol. The van der Waals surface area contributed by atoms with Crippen molar-refractivity contribution >= 4 is 17.3 Å². The number of nitro benzene ring substituents is 1. The van der Waals surface area contributed by atoms with E-state index < -0.39 is 28.4 Å². The highest BCUT2D eigenvalue weighted by molar-refractivity contribution is 5.95. The molecule has 0 radical (unpaired) electrons. The molecular weight excluding hydrogens is 253 g/mol. The first-order valence-electron chi connectivity index (χ1n) is 5.86. The van der Waals surface area contributed by atoms with Crippen molar-refractivity contribution in [2.45, 2.75) is 26.3 Å². The molecule has 0 aromatic heterocycles. The van der Waals surface area contributed by atoms with E-state index in [4.69, 9.17) is 5.73 Å². The van der Waals surface area contributed by atoms with E-state index in [0.29, 0.717) is 0 Å². The predicted molar refractivity (Wildman–Crippen MR) is 69.1 cm³/mol. The summed E-state index contributed by atoms with van der Waals surface area (Å²) in [5, 5.41) is 13.0. The maximum atomic E-state index is 13.2. The summed E-state index contributed by atoms with van der Waals surface area (Å²) in [4.78, 5) is 21.6. The number of amides is 1. The Morgan fingerprint density at radius 1 is 1.53 bits per heavy atom. The van der Waals surface area contributed by atoms with Gasteiger partial charge in [0.2, 0.25) is 5.91 Å². The molecule has 104 valence electrons. The van der Waals surface area contributed by atoms with Crippen molar-refractivity contribution in [3.63, 3.8) is 0 Å². The molecule has 19 heavy (non-hydrogen) atoms. The van der Waals surface area contributed by atoms with Gasteiger partial charge in [-0.1, -0.05) is 20.3 Å². The lowest BCUT2D eigenvalue weighted by Crippen LogP contribution is -2.40. The van der Waals surface area contributed by atoms with Gasteiger partial charge in [0, 0.05) is 6.07 Å². The summed E-state index contributed by atoms with van der Waals surface area (Å²) in [6, 6.07) is 2.13. The van der Waals surface area contributed by atoms with Gasteiger partial charge in [-0.25, -0.2) is 4.39 Å². The van der Waals surface area contributed by atoms with E-state index in [2.05, 4.69) is 5.32 Å². The van der Waals surface area contributed by atoms with Crippen LogP contribution in [0, 0.1) is 21.8 Å². The van der Waals surface area contributed by atoms with Crippen LogP contribution < -0.4 is 11.1 Å². The number of nitrogens with one attached hydrogen (secondary N) is 1. The normalized spacial score (nSPS) is 13.7. The molecule has 0 aliphatic rings. The van der Waals surface area contributed by atoms with E-state index >= 15 is 0 Å². The third kappa shape index (κ3) is 3.99. The number of rotatable bonds is 5. The Balaban J connectivity index is 2.88. The third-order valence-corrected chi connectivity index (χ3v) is 2.92. The van der Waals surface area contributed by atoms with E-state index in [1.165, 1.54) is 0 Å². The molecule has 2 atom stereocenters. The molecule has 3 N–H and O–H groups in total. The molecule has 0 unspecified atom stereocenters. The number of carbonyl (C=O) groups excluding carboxylic acids is 1. The summed E-state index contributed by atoms with van der Waals surface area (Å²) in [7, 11) is 0. The lowest BCUT2D eigenvalue weighted by atomic mass is 9.99. The fraction of sp³-hybridized carbons (Fsp3) is 0.417. The number of carbonyl (C=O) groups is 1. The second kappa shape index (κ2) is 6.24. The van der Waals surface area contributed by atoms with Gasteiger partial charge in [-0.3, -0.25) is 14.9 Å². The van der Waals surface area contributed by atoms with Gasteiger partial charge < -0.3 is 11.1 Å². The van der Waals surface area contributed by atoms with Crippen molar-refractivity contribution in [3.8, 4) is 0 Å². The van der Waals surface area contributed by atoms with Crippen LogP contribution in [0.1, 0.15) is 20.3 Å². The van der Waals surface area contributed by atoms with Crippen LogP contribution in [0.25, 0.3) is 0 Å². The van der Waals surface area contributed by atoms with Gasteiger partial charge in [0.15, 0.2) is 0 Å². The Morgan fingerprint density at radius 3 is 2.68 bits per heavy atom. The van der Waals surface area contributed by atoms with Gasteiger partial charge >= 0.3 is 0 Å². The molecule has 0 saturated carbocycles. The second-order valence-corrected chi connectivity index (χ2v) is 4.36. The highest BCUT2D eigenvalue weighted by Gasteiger charge is 2.20. The van der Waals surface area contributed by atoms with Crippen LogP contribution in [0.15, 0.2) is 18.2 Å². The highest BCUT2D eigenvalue weighted by atomic mass is 19.1. The van der Waals surface area contributed by atoms with Crippen molar-refractivity contribution in [1.82, 2.24) is 0 Å². The molecule has 0 aliphatic heterocycles. The summed E-state index contributed by atoms with van der Waals surface area (Å²) in [6.07, 6.45) is 0.720. The van der Waals surface area contributed by atoms with Crippen molar-refractivity contribution < 1.29 is 14.1 Å². The first kappa shape index (κ1) is 15.0. The lowest BCUT2D eigenvalue weighted by Gasteiger charge is -2.17. The lowest BCUT2D eigenvalue weighted by molar-refractivity contribution is -0.385. The molecule has 0 spiro atoms. The summed E-state index contributed by atoms with van der Waals surface area (Å²) in [6.45, 7) is 3.71. The number of hydrogen-bond donors (Lipinski definition) is 2. The van der Waals surface area contributed by atoms with Gasteiger partial charge in [-0.05, 0) is 12.0 Å². The van der Waals surface area contributed by atoms with E-state index in [9.17, 15) is 19.3 Å². The van der Waals surface area contributed by atoms with Gasteiger partial charge in [0.1, 0.15) is 5.82 Å². The van der Waals surface area contributed by atoms with Crippen molar-refractivity contribution in [2.24, 2.45) is 11.7 Å². The minimum Gasteiger partial charge on any atom is -0.324 e. The SMILES string of the molecule is CC[C@H](C)[C@H](N)C(=O)Nc1cc(F)cc([N+](=O)[O-])c1. The number of anilines is 1. The largest absolute Gasteiger partial charge is 0.324 e. The number of nitrogens with zero attached hydrogens (tertiary/aromatic N) is 1. The molecule has 0 saturated heterocycles. The first-order valence-corrected chi connectivity index (χ1v) is 5.86. The number of halogens is 1. The van der Waals surface area contributed by atoms with E-state index in [-0.39, 0.29) is 11.6 Å². The van der Waals surface area contributed by atoms with Crippen LogP contribution in [0.3, 0.4) is 0 Å². The second-order valence-electron chi connectivity index (χ2n) is 4.36. The topological polar surface area (TPSA) is 98.3 Å². The zero-order valence-corrected chi connectivity index (χ0v) is 10.7. The standard InChI is InChI=1S/C12H16FN3O3/c1-3-7(2)11(14)12(17)15-9-4-8(13)5-10(6-9)16(18)19/h4-7,11H,3,14H2,1-2H3,(H,15,17)/t7-,11-/m0/s1. The van der Waals surface area contributed by atoms with Gasteiger partial charge in [0.25, 0.3) is 5.69 Å². The van der Waals surface area contributed by atoms with Crippen molar-refractivity contribution in [1.29, 1.82) is 0 Å². The highest BCUT2D eigenvalue weighted by Crippen LogP contribution is 2.20. The Kier molecular flexibility index (Phi) is 4.94. The summed E-state index contributed by atoms with van der Waals surface area (Å²) >= 11 is 0. The number of benzene rings is 1. The summed E-state index contributed by atoms with van der Waals surface area (Å²) < 4.78 is 13.2. The fourth-order valence-electron chi connectivity index (χ4n) is 1.49. The maximum Gasteiger partial charge on any atom is 0.274 e. The third-order valence-electron chi connectivity index (χ3n) is 2.92. The molecule has 0 fully saturated rings. The molecule has 1 aromatic rings. The van der Waals surface area contributed by atoms with Gasteiger partial charge in [-0.2, -0.15) is 0 Å². The van der Waals surface area contributed by atoms with Crippen LogP contribution in [0.2, 0.25) is 0 Å². The molecule has 1 aromatic carbocycles. The Hall–Kier alpha value is -2.02. The number of nitro groups is 1. The number of nitrogens with two attached hydrogens (primary N) is 1. The average molecular weight is 269 g/mol. The smallest absolute Gasteiger partial charge is 0.274 e. The van der Waals surface area contributed by atoms with E-state index in [0.717, 1.165) is 24.6 Å². The average Bonchev–Trinajstić information content (AvgIpc) is 2.35. The van der Waals surface area contributed by atoms with Crippen LogP contribution in [-0.2, 0) is 4.79 Å². The molecule has 0 aliphatic carbocycles. The first-order chi connectivity index (χ1) is 8.85. The molecule has 7 heteroatoms. The molecule has 6 nitrogen and oxygen atoms in total. The van der Waals surface area contributed by atoms with Crippen LogP contribution in [-0.4, -0.2) is 16.9 Å². The van der Waals surface area contributed by atoms with E-state index in [1.54, 1.807) is 0 Å². The molecule has 1 amide bonds. The molecule has 1 rings (SSSR count). The minimum absolute atomic E-state index is 0.0236. The zero-order chi connectivity index (χ0) is 14.6. The van der Waals surface area contributed by atoms with Gasteiger partial charge in [-0.15, -0.1) is 0 Å². The Morgan fingerprint density at radius 2 is 2.16 bits per heavy atom. The number of hydrogen-bond acceptors (Lipinski definition) is 4. The molecule has 0 heterocycles. The maximum absolute atomic E-state index is 13.2.